The second kappa shape index (κ2) is 9.05. The molecule has 0 bridgehead atoms. The van der Waals surface area contributed by atoms with E-state index in [1.165, 1.54) is 7.11 Å². The number of nitrogens with zero attached hydrogens (tertiary/aromatic N) is 1. The molecule has 2 aromatic rings. The molecular weight excluding hydrogens is 376 g/mol. The number of rotatable bonds is 6. The molecule has 0 saturated carbocycles. The summed E-state index contributed by atoms with van der Waals surface area (Å²) in [6.45, 7) is -0.359. The minimum Gasteiger partial charge on any atom is -0.495 e. The van der Waals surface area contributed by atoms with Gasteiger partial charge in [-0.1, -0.05) is 54.6 Å². The third kappa shape index (κ3) is 4.69. The summed E-state index contributed by atoms with van der Waals surface area (Å²) in [5.41, 5.74) is 1.46. The molecule has 1 fully saturated rings. The van der Waals surface area contributed by atoms with Crippen molar-refractivity contribution in [2.45, 2.75) is 0 Å². The summed E-state index contributed by atoms with van der Waals surface area (Å²) in [6, 6.07) is 16.5. The lowest BCUT2D eigenvalue weighted by molar-refractivity contribution is -0.127. The van der Waals surface area contributed by atoms with Crippen molar-refractivity contribution < 1.29 is 19.1 Å². The van der Waals surface area contributed by atoms with Crippen molar-refractivity contribution in [2.24, 2.45) is 0 Å². The number of nitrogens with one attached hydrogen (secondary N) is 1. The number of anilines is 1. The molecule has 2 aromatic carbocycles. The largest absolute Gasteiger partial charge is 0.495 e. The van der Waals surface area contributed by atoms with Gasteiger partial charge in [-0.15, -0.1) is 0 Å². The highest BCUT2D eigenvalue weighted by molar-refractivity contribution is 8.18. The van der Waals surface area contributed by atoms with E-state index in [0.29, 0.717) is 11.4 Å². The fourth-order valence-electron chi connectivity index (χ4n) is 2.54. The summed E-state index contributed by atoms with van der Waals surface area (Å²) in [4.78, 5) is 38.1. The number of benzene rings is 2. The van der Waals surface area contributed by atoms with Crippen LogP contribution < -0.4 is 10.1 Å². The molecule has 3 rings (SSSR count). The lowest BCUT2D eigenvalue weighted by Gasteiger charge is -2.14. The minimum absolute atomic E-state index is 0.280. The van der Waals surface area contributed by atoms with E-state index in [1.807, 2.05) is 36.4 Å². The molecule has 0 unspecified atom stereocenters. The molecule has 1 aliphatic heterocycles. The first-order chi connectivity index (χ1) is 13.6. The number of carbonyl (C=O) groups is 3. The Balaban J connectivity index is 1.64. The van der Waals surface area contributed by atoms with Crippen LogP contribution in [-0.4, -0.2) is 35.6 Å². The minimum atomic E-state index is -0.483. The Morgan fingerprint density at radius 1 is 1.11 bits per heavy atom. The summed E-state index contributed by atoms with van der Waals surface area (Å²) in [7, 11) is 1.50. The van der Waals surface area contributed by atoms with Gasteiger partial charge < -0.3 is 10.1 Å². The van der Waals surface area contributed by atoms with Crippen LogP contribution in [0.15, 0.2) is 71.7 Å². The molecule has 1 N–H and O–H groups in total. The van der Waals surface area contributed by atoms with Crippen LogP contribution in [0, 0.1) is 0 Å². The quantitative estimate of drug-likeness (QED) is 0.752. The standard InChI is InChI=1S/C21H18N2O4S/c1-27-17-12-6-5-11-16(17)22-19(24)14-23-20(25)18(28-21(23)26)13-7-10-15-8-3-2-4-9-15/h2-13H,14H2,1H3,(H,22,24)/b10-7+,18-13-. The second-order valence-corrected chi connectivity index (χ2v) is 6.80. The first kappa shape index (κ1) is 19.4. The number of thioether (sulfide) groups is 1. The van der Waals surface area contributed by atoms with E-state index in [2.05, 4.69) is 5.32 Å². The SMILES string of the molecule is COc1ccccc1NC(=O)CN1C(=O)S/C(=C\C=C\c2ccccc2)C1=O. The molecule has 6 nitrogen and oxygen atoms in total. The van der Waals surface area contributed by atoms with E-state index in [4.69, 9.17) is 4.74 Å². The van der Waals surface area contributed by atoms with E-state index < -0.39 is 17.1 Å². The summed E-state index contributed by atoms with van der Waals surface area (Å²) in [6.07, 6.45) is 5.12. The number of hydrogen-bond acceptors (Lipinski definition) is 5. The maximum atomic E-state index is 12.4. The zero-order valence-corrected chi connectivity index (χ0v) is 15.9. The van der Waals surface area contributed by atoms with Crippen LogP contribution in [0.2, 0.25) is 0 Å². The predicted molar refractivity (Wildman–Crippen MR) is 110 cm³/mol. The highest BCUT2D eigenvalue weighted by atomic mass is 32.2. The average Bonchev–Trinajstić information content (AvgIpc) is 2.97. The van der Waals surface area contributed by atoms with Gasteiger partial charge in [-0.05, 0) is 35.5 Å². The summed E-state index contributed by atoms with van der Waals surface area (Å²) in [5.74, 6) is -0.466. The van der Waals surface area contributed by atoms with E-state index in [-0.39, 0.29) is 11.4 Å². The van der Waals surface area contributed by atoms with Gasteiger partial charge in [-0.25, -0.2) is 0 Å². The highest BCUT2D eigenvalue weighted by Crippen LogP contribution is 2.30. The van der Waals surface area contributed by atoms with Gasteiger partial charge in [0.05, 0.1) is 17.7 Å². The molecule has 142 valence electrons. The third-order valence-corrected chi connectivity index (χ3v) is 4.82. The van der Waals surface area contributed by atoms with E-state index in [0.717, 1.165) is 22.2 Å². The molecule has 1 aliphatic rings. The van der Waals surface area contributed by atoms with Crippen molar-refractivity contribution in [3.05, 3.63) is 77.2 Å². The zero-order valence-electron chi connectivity index (χ0n) is 15.1. The monoisotopic (exact) mass is 394 g/mol. The Bertz CT molecular complexity index is 954. The molecule has 0 spiro atoms. The number of hydrogen-bond donors (Lipinski definition) is 1. The predicted octanol–water partition coefficient (Wildman–Crippen LogP) is 3.93. The van der Waals surface area contributed by atoms with Crippen molar-refractivity contribution in [1.29, 1.82) is 0 Å². The lowest BCUT2D eigenvalue weighted by atomic mass is 10.2. The van der Waals surface area contributed by atoms with Crippen LogP contribution in [0.25, 0.3) is 6.08 Å². The lowest BCUT2D eigenvalue weighted by Crippen LogP contribution is -2.36. The van der Waals surface area contributed by atoms with Gasteiger partial charge in [-0.3, -0.25) is 19.3 Å². The van der Waals surface area contributed by atoms with Crippen LogP contribution in [0.3, 0.4) is 0 Å². The van der Waals surface area contributed by atoms with Gasteiger partial charge in [0.25, 0.3) is 11.1 Å². The Morgan fingerprint density at radius 2 is 1.82 bits per heavy atom. The van der Waals surface area contributed by atoms with Crippen LogP contribution in [0.5, 0.6) is 5.75 Å². The van der Waals surface area contributed by atoms with Gasteiger partial charge in [0, 0.05) is 0 Å². The Morgan fingerprint density at radius 3 is 2.57 bits per heavy atom. The number of imide groups is 1. The van der Waals surface area contributed by atoms with Gasteiger partial charge >= 0.3 is 0 Å². The molecule has 1 saturated heterocycles. The first-order valence-corrected chi connectivity index (χ1v) is 9.30. The van der Waals surface area contributed by atoms with E-state index in [1.54, 1.807) is 36.4 Å². The number of methoxy groups -OCH3 is 1. The molecule has 3 amide bonds. The molecule has 28 heavy (non-hydrogen) atoms. The maximum Gasteiger partial charge on any atom is 0.294 e. The number of amides is 3. The van der Waals surface area contributed by atoms with Crippen LogP contribution in [-0.2, 0) is 9.59 Å². The molecular formula is C21H18N2O4S. The van der Waals surface area contributed by atoms with Crippen molar-refractivity contribution >= 4 is 40.6 Å². The van der Waals surface area contributed by atoms with Crippen molar-refractivity contribution in [1.82, 2.24) is 4.90 Å². The first-order valence-electron chi connectivity index (χ1n) is 8.48. The average molecular weight is 394 g/mol. The summed E-state index contributed by atoms with van der Waals surface area (Å²) < 4.78 is 5.17. The van der Waals surface area contributed by atoms with Crippen LogP contribution in [0.1, 0.15) is 5.56 Å². The molecule has 0 atom stereocenters. The third-order valence-electron chi connectivity index (χ3n) is 3.89. The van der Waals surface area contributed by atoms with Crippen molar-refractivity contribution in [2.75, 3.05) is 19.0 Å². The molecule has 0 radical (unpaired) electrons. The molecule has 0 aliphatic carbocycles. The van der Waals surface area contributed by atoms with Crippen LogP contribution >= 0.6 is 11.8 Å². The Labute approximate surface area is 166 Å². The van der Waals surface area contributed by atoms with Crippen molar-refractivity contribution in [3.8, 4) is 5.75 Å². The van der Waals surface area contributed by atoms with Gasteiger partial charge in [-0.2, -0.15) is 0 Å². The molecule has 7 heteroatoms. The smallest absolute Gasteiger partial charge is 0.294 e. The zero-order chi connectivity index (χ0) is 19.9. The Kier molecular flexibility index (Phi) is 6.29. The number of allylic oxidation sites excluding steroid dienone is 2. The Hall–Kier alpha value is -3.32. The second-order valence-electron chi connectivity index (χ2n) is 5.81. The summed E-state index contributed by atoms with van der Waals surface area (Å²) in [5, 5.41) is 2.18. The van der Waals surface area contributed by atoms with Gasteiger partial charge in [0.2, 0.25) is 5.91 Å². The normalized spacial score (nSPS) is 15.5. The number of ether oxygens (including phenoxy) is 1. The molecule has 1 heterocycles. The fraction of sp³-hybridized carbons (Fsp3) is 0.0952. The highest BCUT2D eigenvalue weighted by Gasteiger charge is 2.36. The topological polar surface area (TPSA) is 75.7 Å². The number of para-hydroxylation sites is 2. The van der Waals surface area contributed by atoms with Crippen molar-refractivity contribution in [3.63, 3.8) is 0 Å². The van der Waals surface area contributed by atoms with Gasteiger partial charge in [0.15, 0.2) is 0 Å². The van der Waals surface area contributed by atoms with E-state index >= 15 is 0 Å². The molecule has 0 aromatic heterocycles. The van der Waals surface area contributed by atoms with E-state index in [9.17, 15) is 14.4 Å². The maximum absolute atomic E-state index is 12.4. The number of carbonyl (C=O) groups excluding carboxylic acids is 3. The summed E-state index contributed by atoms with van der Waals surface area (Å²) >= 11 is 0.815. The van der Waals surface area contributed by atoms with Gasteiger partial charge in [0.1, 0.15) is 12.3 Å². The fourth-order valence-corrected chi connectivity index (χ4v) is 3.33. The van der Waals surface area contributed by atoms with Crippen LogP contribution in [0.4, 0.5) is 10.5 Å².